The number of aromatic nitrogens is 1. The second kappa shape index (κ2) is 6.51. The van der Waals surface area contributed by atoms with E-state index in [1.165, 1.54) is 42.2 Å². The highest BCUT2D eigenvalue weighted by Gasteiger charge is 2.25. The quantitative estimate of drug-likeness (QED) is 0.807. The minimum atomic E-state index is 0.169. The lowest BCUT2D eigenvalue weighted by Gasteiger charge is -2.31. The fourth-order valence-electron chi connectivity index (χ4n) is 3.00. The van der Waals surface area contributed by atoms with Crippen LogP contribution in [-0.2, 0) is 12.0 Å². The Morgan fingerprint density at radius 2 is 1.82 bits per heavy atom. The van der Waals surface area contributed by atoms with Gasteiger partial charge >= 0.3 is 0 Å². The molecule has 3 heteroatoms. The summed E-state index contributed by atoms with van der Waals surface area (Å²) < 4.78 is 0. The van der Waals surface area contributed by atoms with Gasteiger partial charge in [-0.1, -0.05) is 51.1 Å². The molecule has 0 aliphatic carbocycles. The third-order valence-electron chi connectivity index (χ3n) is 4.48. The van der Waals surface area contributed by atoms with Crippen LogP contribution in [0.25, 0.3) is 0 Å². The van der Waals surface area contributed by atoms with Gasteiger partial charge < -0.3 is 0 Å². The fourth-order valence-corrected chi connectivity index (χ4v) is 4.22. The highest BCUT2D eigenvalue weighted by Crippen LogP contribution is 2.33. The van der Waals surface area contributed by atoms with E-state index in [4.69, 9.17) is 4.98 Å². The van der Waals surface area contributed by atoms with Crippen molar-refractivity contribution in [3.05, 3.63) is 52.0 Å². The van der Waals surface area contributed by atoms with E-state index < -0.39 is 0 Å². The first-order chi connectivity index (χ1) is 10.5. The van der Waals surface area contributed by atoms with Crippen molar-refractivity contribution >= 4 is 11.3 Å². The van der Waals surface area contributed by atoms with Gasteiger partial charge in [-0.3, -0.25) is 4.90 Å². The Hall–Kier alpha value is -1.19. The van der Waals surface area contributed by atoms with E-state index in [0.29, 0.717) is 5.92 Å². The molecule has 0 spiro atoms. The molecular formula is C19H26N2S. The van der Waals surface area contributed by atoms with Crippen molar-refractivity contribution in [1.29, 1.82) is 0 Å². The lowest BCUT2D eigenvalue weighted by atomic mass is 9.93. The molecule has 1 aromatic heterocycles. The number of likely N-dealkylation sites (tertiary alicyclic amines) is 1. The average Bonchev–Trinajstić information content (AvgIpc) is 2.99. The van der Waals surface area contributed by atoms with Crippen molar-refractivity contribution in [1.82, 2.24) is 9.88 Å². The van der Waals surface area contributed by atoms with Gasteiger partial charge in [0.1, 0.15) is 0 Å². The van der Waals surface area contributed by atoms with Crippen LogP contribution in [0.2, 0.25) is 0 Å². The van der Waals surface area contributed by atoms with Crippen LogP contribution < -0.4 is 0 Å². The second-order valence-electron chi connectivity index (χ2n) is 7.36. The molecule has 1 saturated heterocycles. The van der Waals surface area contributed by atoms with E-state index in [2.05, 4.69) is 61.4 Å². The van der Waals surface area contributed by atoms with Gasteiger partial charge in [0.2, 0.25) is 0 Å². The lowest BCUT2D eigenvalue weighted by molar-refractivity contribution is 0.204. The Kier molecular flexibility index (Phi) is 4.65. The molecule has 0 atom stereocenters. The van der Waals surface area contributed by atoms with Gasteiger partial charge in [-0.25, -0.2) is 4.98 Å². The Bertz CT molecular complexity index is 589. The maximum absolute atomic E-state index is 4.91. The second-order valence-corrected chi connectivity index (χ2v) is 8.25. The van der Waals surface area contributed by atoms with Gasteiger partial charge in [0, 0.05) is 23.3 Å². The van der Waals surface area contributed by atoms with Gasteiger partial charge in [-0.05, 0) is 31.5 Å². The van der Waals surface area contributed by atoms with Crippen LogP contribution in [0.4, 0.5) is 0 Å². The molecule has 2 aromatic rings. The Balaban J connectivity index is 1.56. The third kappa shape index (κ3) is 3.76. The van der Waals surface area contributed by atoms with Crippen LogP contribution in [0.3, 0.4) is 0 Å². The first-order valence-electron chi connectivity index (χ1n) is 8.24. The topological polar surface area (TPSA) is 16.1 Å². The average molecular weight is 314 g/mol. The SMILES string of the molecule is CC(C)(C)c1csc(C2CCN(Cc3ccccc3)CC2)n1. The Morgan fingerprint density at radius 3 is 2.41 bits per heavy atom. The molecule has 0 radical (unpaired) electrons. The summed E-state index contributed by atoms with van der Waals surface area (Å²) in [5.74, 6) is 0.660. The summed E-state index contributed by atoms with van der Waals surface area (Å²) in [6.45, 7) is 10.2. The third-order valence-corrected chi connectivity index (χ3v) is 5.48. The fraction of sp³-hybridized carbons (Fsp3) is 0.526. The predicted octanol–water partition coefficient (Wildman–Crippen LogP) is 4.82. The van der Waals surface area contributed by atoms with Crippen LogP contribution in [0.1, 0.15) is 55.8 Å². The minimum absolute atomic E-state index is 0.169. The van der Waals surface area contributed by atoms with E-state index in [1.807, 2.05) is 11.3 Å². The first-order valence-corrected chi connectivity index (χ1v) is 9.12. The van der Waals surface area contributed by atoms with E-state index in [9.17, 15) is 0 Å². The molecule has 1 aliphatic rings. The smallest absolute Gasteiger partial charge is 0.0960 e. The molecule has 0 N–H and O–H groups in total. The summed E-state index contributed by atoms with van der Waals surface area (Å²) >= 11 is 1.86. The van der Waals surface area contributed by atoms with Crippen LogP contribution >= 0.6 is 11.3 Å². The lowest BCUT2D eigenvalue weighted by Crippen LogP contribution is -2.32. The molecule has 118 valence electrons. The Morgan fingerprint density at radius 1 is 1.14 bits per heavy atom. The number of rotatable bonds is 3. The van der Waals surface area contributed by atoms with Crippen molar-refractivity contribution in [3.63, 3.8) is 0 Å². The van der Waals surface area contributed by atoms with Crippen molar-refractivity contribution < 1.29 is 0 Å². The zero-order valence-electron chi connectivity index (χ0n) is 13.9. The maximum atomic E-state index is 4.91. The summed E-state index contributed by atoms with van der Waals surface area (Å²) in [6, 6.07) is 10.8. The molecule has 0 amide bonds. The highest BCUT2D eigenvalue weighted by atomic mass is 32.1. The zero-order valence-corrected chi connectivity index (χ0v) is 14.7. The summed E-state index contributed by atoms with van der Waals surface area (Å²) in [4.78, 5) is 7.49. The number of nitrogens with zero attached hydrogens (tertiary/aromatic N) is 2. The molecule has 2 heterocycles. The molecule has 0 bridgehead atoms. The van der Waals surface area contributed by atoms with Crippen LogP contribution in [0.15, 0.2) is 35.7 Å². The number of benzene rings is 1. The summed E-state index contributed by atoms with van der Waals surface area (Å²) in [5, 5.41) is 3.61. The van der Waals surface area contributed by atoms with Crippen LogP contribution in [0, 0.1) is 0 Å². The maximum Gasteiger partial charge on any atom is 0.0960 e. The largest absolute Gasteiger partial charge is 0.299 e. The summed E-state index contributed by atoms with van der Waals surface area (Å²) in [6.07, 6.45) is 2.48. The van der Waals surface area contributed by atoms with Gasteiger partial charge in [0.25, 0.3) is 0 Å². The standard InChI is InChI=1S/C19H26N2S/c1-19(2,3)17-14-22-18(20-17)16-9-11-21(12-10-16)13-15-7-5-4-6-8-15/h4-8,14,16H,9-13H2,1-3H3. The molecule has 0 unspecified atom stereocenters. The van der Waals surface area contributed by atoms with Crippen LogP contribution in [-0.4, -0.2) is 23.0 Å². The van der Waals surface area contributed by atoms with Crippen molar-refractivity contribution in [2.75, 3.05) is 13.1 Å². The zero-order chi connectivity index (χ0) is 15.6. The van der Waals surface area contributed by atoms with Gasteiger partial charge in [0.15, 0.2) is 0 Å². The molecule has 1 aliphatic heterocycles. The van der Waals surface area contributed by atoms with Crippen molar-refractivity contribution in [2.24, 2.45) is 0 Å². The number of hydrogen-bond acceptors (Lipinski definition) is 3. The predicted molar refractivity (Wildman–Crippen MR) is 94.5 cm³/mol. The van der Waals surface area contributed by atoms with E-state index >= 15 is 0 Å². The molecule has 1 fully saturated rings. The molecule has 3 rings (SSSR count). The number of hydrogen-bond donors (Lipinski definition) is 0. The summed E-state index contributed by atoms with van der Waals surface area (Å²) in [7, 11) is 0. The molecule has 1 aromatic carbocycles. The first kappa shape index (κ1) is 15.7. The van der Waals surface area contributed by atoms with Gasteiger partial charge in [-0.15, -0.1) is 11.3 Å². The highest BCUT2D eigenvalue weighted by molar-refractivity contribution is 7.09. The van der Waals surface area contributed by atoms with Gasteiger partial charge in [0.05, 0.1) is 10.7 Å². The molecule has 22 heavy (non-hydrogen) atoms. The van der Waals surface area contributed by atoms with E-state index in [1.54, 1.807) is 0 Å². The van der Waals surface area contributed by atoms with Gasteiger partial charge in [-0.2, -0.15) is 0 Å². The Labute approximate surface area is 138 Å². The normalized spacial score (nSPS) is 17.8. The minimum Gasteiger partial charge on any atom is -0.299 e. The molecule has 2 nitrogen and oxygen atoms in total. The summed E-state index contributed by atoms with van der Waals surface area (Å²) in [5.41, 5.74) is 2.84. The van der Waals surface area contributed by atoms with Crippen molar-refractivity contribution in [2.45, 2.75) is 51.5 Å². The monoisotopic (exact) mass is 314 g/mol. The van der Waals surface area contributed by atoms with E-state index in [0.717, 1.165) is 6.54 Å². The number of thiazole rings is 1. The molecule has 0 saturated carbocycles. The number of piperidine rings is 1. The van der Waals surface area contributed by atoms with Crippen molar-refractivity contribution in [3.8, 4) is 0 Å². The van der Waals surface area contributed by atoms with E-state index in [-0.39, 0.29) is 5.41 Å². The van der Waals surface area contributed by atoms with Crippen LogP contribution in [0.5, 0.6) is 0 Å². The molecular weight excluding hydrogens is 288 g/mol.